The van der Waals surface area contributed by atoms with Crippen molar-refractivity contribution in [1.82, 2.24) is 10.2 Å². The van der Waals surface area contributed by atoms with Gasteiger partial charge in [0.15, 0.2) is 0 Å². The molecule has 0 saturated carbocycles. The Morgan fingerprint density at radius 2 is 2.26 bits per heavy atom. The van der Waals surface area contributed by atoms with Gasteiger partial charge < -0.3 is 20.3 Å². The molecular formula is C13H17N3O3. The molecule has 1 heterocycles. The van der Waals surface area contributed by atoms with E-state index in [0.29, 0.717) is 36.7 Å². The Labute approximate surface area is 111 Å². The molecule has 19 heavy (non-hydrogen) atoms. The van der Waals surface area contributed by atoms with E-state index in [1.165, 1.54) is 0 Å². The number of carbonyl (C=O) groups excluding carboxylic acids is 2. The molecule has 0 bridgehead atoms. The van der Waals surface area contributed by atoms with Gasteiger partial charge in [-0.1, -0.05) is 0 Å². The maximum absolute atomic E-state index is 12.1. The minimum Gasteiger partial charge on any atom is -0.491 e. The molecule has 2 rings (SSSR count). The summed E-state index contributed by atoms with van der Waals surface area (Å²) in [6, 6.07) is 4.76. The van der Waals surface area contributed by atoms with Crippen LogP contribution < -0.4 is 15.4 Å². The minimum absolute atomic E-state index is 0.105. The van der Waals surface area contributed by atoms with Crippen LogP contribution in [0.5, 0.6) is 5.75 Å². The molecule has 1 aromatic carbocycles. The Kier molecular flexibility index (Phi) is 3.89. The highest BCUT2D eigenvalue weighted by Crippen LogP contribution is 2.25. The van der Waals surface area contributed by atoms with Crippen LogP contribution in [0.1, 0.15) is 17.3 Å². The summed E-state index contributed by atoms with van der Waals surface area (Å²) in [5.74, 6) is 0.447. The second-order valence-corrected chi connectivity index (χ2v) is 4.27. The summed E-state index contributed by atoms with van der Waals surface area (Å²) in [7, 11) is 1.73. The number of carbonyl (C=O) groups is 2. The molecule has 1 aliphatic rings. The van der Waals surface area contributed by atoms with Crippen molar-refractivity contribution in [3.05, 3.63) is 23.8 Å². The van der Waals surface area contributed by atoms with E-state index in [1.807, 2.05) is 6.92 Å². The largest absolute Gasteiger partial charge is 0.491 e. The molecule has 6 heteroatoms. The molecule has 1 aromatic rings. The van der Waals surface area contributed by atoms with E-state index < -0.39 is 0 Å². The summed E-state index contributed by atoms with van der Waals surface area (Å²) in [5, 5.41) is 5.30. The molecule has 0 atom stereocenters. The van der Waals surface area contributed by atoms with E-state index in [1.54, 1.807) is 30.1 Å². The van der Waals surface area contributed by atoms with Crippen LogP contribution in [0.3, 0.4) is 0 Å². The van der Waals surface area contributed by atoms with Crippen molar-refractivity contribution >= 4 is 17.6 Å². The summed E-state index contributed by atoms with van der Waals surface area (Å²) in [5.41, 5.74) is 1.03. The van der Waals surface area contributed by atoms with Crippen LogP contribution in [-0.4, -0.2) is 43.6 Å². The fraction of sp³-hybridized carbons (Fsp3) is 0.385. The van der Waals surface area contributed by atoms with Crippen molar-refractivity contribution in [3.8, 4) is 5.75 Å². The Hall–Kier alpha value is -2.24. The zero-order valence-corrected chi connectivity index (χ0v) is 11.0. The summed E-state index contributed by atoms with van der Waals surface area (Å²) < 4.78 is 5.51. The minimum atomic E-state index is -0.294. The molecule has 0 fully saturated rings. The van der Waals surface area contributed by atoms with Gasteiger partial charge in [0.1, 0.15) is 12.4 Å². The summed E-state index contributed by atoms with van der Waals surface area (Å²) in [6.07, 6.45) is 0. The molecule has 2 N–H and O–H groups in total. The SMILES string of the molecule is CCNC(=O)Nc1ccc2c(c1)C(=O)N(C)CCO2. The summed E-state index contributed by atoms with van der Waals surface area (Å²) >= 11 is 0. The van der Waals surface area contributed by atoms with Crippen LogP contribution in [0.4, 0.5) is 10.5 Å². The number of hydrogen-bond donors (Lipinski definition) is 2. The average Bonchev–Trinajstić information content (AvgIpc) is 2.51. The van der Waals surface area contributed by atoms with E-state index >= 15 is 0 Å². The lowest BCUT2D eigenvalue weighted by Crippen LogP contribution is -2.29. The number of rotatable bonds is 2. The number of nitrogens with zero attached hydrogens (tertiary/aromatic N) is 1. The average molecular weight is 263 g/mol. The lowest BCUT2D eigenvalue weighted by atomic mass is 10.1. The number of anilines is 1. The zero-order valence-electron chi connectivity index (χ0n) is 11.0. The number of benzene rings is 1. The Morgan fingerprint density at radius 1 is 1.47 bits per heavy atom. The molecule has 0 unspecified atom stereocenters. The fourth-order valence-electron chi connectivity index (χ4n) is 1.84. The third-order valence-corrected chi connectivity index (χ3v) is 2.84. The van der Waals surface area contributed by atoms with E-state index in [-0.39, 0.29) is 11.9 Å². The second-order valence-electron chi connectivity index (χ2n) is 4.27. The predicted octanol–water partition coefficient (Wildman–Crippen LogP) is 1.29. The van der Waals surface area contributed by atoms with Gasteiger partial charge in [-0.25, -0.2) is 4.79 Å². The summed E-state index contributed by atoms with van der Waals surface area (Å²) in [6.45, 7) is 3.40. The fourth-order valence-corrected chi connectivity index (χ4v) is 1.84. The van der Waals surface area contributed by atoms with Gasteiger partial charge in [0, 0.05) is 19.3 Å². The molecule has 0 saturated heterocycles. The quantitative estimate of drug-likeness (QED) is 0.844. The molecule has 0 spiro atoms. The van der Waals surface area contributed by atoms with Crippen LogP contribution in [0.25, 0.3) is 0 Å². The van der Waals surface area contributed by atoms with E-state index in [0.717, 1.165) is 0 Å². The number of ether oxygens (including phenoxy) is 1. The van der Waals surface area contributed by atoms with Crippen molar-refractivity contribution < 1.29 is 14.3 Å². The molecule has 0 radical (unpaired) electrons. The van der Waals surface area contributed by atoms with Crippen LogP contribution in [0.2, 0.25) is 0 Å². The molecule has 1 aliphatic heterocycles. The van der Waals surface area contributed by atoms with Gasteiger partial charge in [-0.05, 0) is 25.1 Å². The molecule has 102 valence electrons. The molecule has 3 amide bonds. The number of likely N-dealkylation sites (N-methyl/N-ethyl adjacent to an activating group) is 1. The first kappa shape index (κ1) is 13.2. The third kappa shape index (κ3) is 2.96. The van der Waals surface area contributed by atoms with Crippen LogP contribution in [-0.2, 0) is 0 Å². The van der Waals surface area contributed by atoms with Gasteiger partial charge in [0.25, 0.3) is 5.91 Å². The predicted molar refractivity (Wildman–Crippen MR) is 71.6 cm³/mol. The van der Waals surface area contributed by atoms with Crippen LogP contribution in [0, 0.1) is 0 Å². The highest BCUT2D eigenvalue weighted by molar-refractivity contribution is 5.99. The third-order valence-electron chi connectivity index (χ3n) is 2.84. The number of amides is 3. The first-order valence-electron chi connectivity index (χ1n) is 6.19. The molecule has 6 nitrogen and oxygen atoms in total. The monoisotopic (exact) mass is 263 g/mol. The van der Waals surface area contributed by atoms with Gasteiger partial charge in [-0.15, -0.1) is 0 Å². The van der Waals surface area contributed by atoms with Gasteiger partial charge in [0.2, 0.25) is 0 Å². The van der Waals surface area contributed by atoms with Gasteiger partial charge in [0.05, 0.1) is 12.1 Å². The molecular weight excluding hydrogens is 246 g/mol. The maximum Gasteiger partial charge on any atom is 0.319 e. The molecule has 0 aliphatic carbocycles. The summed E-state index contributed by atoms with van der Waals surface area (Å²) in [4.78, 5) is 25.2. The number of fused-ring (bicyclic) bond motifs is 1. The lowest BCUT2D eigenvalue weighted by Gasteiger charge is -2.13. The lowest BCUT2D eigenvalue weighted by molar-refractivity contribution is 0.0796. The molecule has 0 aromatic heterocycles. The Balaban J connectivity index is 2.24. The second kappa shape index (κ2) is 5.60. The van der Waals surface area contributed by atoms with Crippen molar-refractivity contribution in [3.63, 3.8) is 0 Å². The Morgan fingerprint density at radius 3 is 3.00 bits per heavy atom. The number of urea groups is 1. The maximum atomic E-state index is 12.1. The van der Waals surface area contributed by atoms with Gasteiger partial charge >= 0.3 is 6.03 Å². The van der Waals surface area contributed by atoms with Crippen molar-refractivity contribution in [2.24, 2.45) is 0 Å². The van der Waals surface area contributed by atoms with E-state index in [4.69, 9.17) is 4.74 Å². The zero-order chi connectivity index (χ0) is 13.8. The number of nitrogens with one attached hydrogen (secondary N) is 2. The van der Waals surface area contributed by atoms with Gasteiger partial charge in [-0.2, -0.15) is 0 Å². The van der Waals surface area contributed by atoms with Crippen LogP contribution in [0.15, 0.2) is 18.2 Å². The smallest absolute Gasteiger partial charge is 0.319 e. The standard InChI is InChI=1S/C13H17N3O3/c1-3-14-13(18)15-9-4-5-11-10(8-9)12(17)16(2)6-7-19-11/h4-5,8H,3,6-7H2,1-2H3,(H2,14,15,18). The Bertz CT molecular complexity index is 502. The first-order chi connectivity index (χ1) is 9.11. The highest BCUT2D eigenvalue weighted by Gasteiger charge is 2.21. The van der Waals surface area contributed by atoms with Crippen LogP contribution >= 0.6 is 0 Å². The van der Waals surface area contributed by atoms with Crippen molar-refractivity contribution in [2.75, 3.05) is 32.1 Å². The van der Waals surface area contributed by atoms with Crippen molar-refractivity contribution in [1.29, 1.82) is 0 Å². The highest BCUT2D eigenvalue weighted by atomic mass is 16.5. The number of hydrogen-bond acceptors (Lipinski definition) is 3. The first-order valence-corrected chi connectivity index (χ1v) is 6.19. The van der Waals surface area contributed by atoms with E-state index in [9.17, 15) is 9.59 Å². The topological polar surface area (TPSA) is 70.7 Å². The van der Waals surface area contributed by atoms with Crippen molar-refractivity contribution in [2.45, 2.75) is 6.92 Å². The van der Waals surface area contributed by atoms with E-state index in [2.05, 4.69) is 10.6 Å². The van der Waals surface area contributed by atoms with Gasteiger partial charge in [-0.3, -0.25) is 4.79 Å². The normalized spacial score (nSPS) is 14.2.